The first-order valence-electron chi connectivity index (χ1n) is 13.1. The number of carbonyl (C=O) groups is 1. The van der Waals surface area contributed by atoms with Gasteiger partial charge in [0.1, 0.15) is 6.04 Å². The first kappa shape index (κ1) is 27.8. The van der Waals surface area contributed by atoms with Crippen LogP contribution >= 0.6 is 0 Å². The van der Waals surface area contributed by atoms with Crippen molar-refractivity contribution < 1.29 is 13.2 Å². The Morgan fingerprint density at radius 1 is 0.895 bits per heavy atom. The van der Waals surface area contributed by atoms with Crippen molar-refractivity contribution in [3.8, 4) is 0 Å². The third kappa shape index (κ3) is 7.19. The molecule has 38 heavy (non-hydrogen) atoms. The molecule has 1 aliphatic rings. The molecular formula is C31H37N3O3S. The zero-order valence-electron chi connectivity index (χ0n) is 22.4. The summed E-state index contributed by atoms with van der Waals surface area (Å²) in [6.45, 7) is 8.96. The van der Waals surface area contributed by atoms with E-state index in [1.165, 1.54) is 0 Å². The number of nitrogens with one attached hydrogen (secondary N) is 1. The highest BCUT2D eigenvalue weighted by Gasteiger charge is 2.32. The Morgan fingerprint density at radius 2 is 1.47 bits per heavy atom. The van der Waals surface area contributed by atoms with Gasteiger partial charge in [0, 0.05) is 32.7 Å². The lowest BCUT2D eigenvalue weighted by atomic mass is 10.1. The molecule has 0 spiro atoms. The summed E-state index contributed by atoms with van der Waals surface area (Å²) in [4.78, 5) is 18.1. The van der Waals surface area contributed by atoms with Gasteiger partial charge < -0.3 is 4.90 Å². The number of benzene rings is 3. The highest BCUT2D eigenvalue weighted by Crippen LogP contribution is 2.23. The van der Waals surface area contributed by atoms with Crippen molar-refractivity contribution in [2.75, 3.05) is 32.7 Å². The molecule has 0 unspecified atom stereocenters. The van der Waals surface area contributed by atoms with Crippen molar-refractivity contribution in [2.24, 2.45) is 0 Å². The number of piperazine rings is 1. The summed E-state index contributed by atoms with van der Waals surface area (Å²) < 4.78 is 29.9. The normalized spacial score (nSPS) is 15.6. The average Bonchev–Trinajstić information content (AvgIpc) is 2.88. The molecule has 1 amide bonds. The molecule has 0 saturated carbocycles. The summed E-state index contributed by atoms with van der Waals surface area (Å²) in [5.74, 6) is -0.181. The Hall–Kier alpha value is -3.26. The maximum Gasteiger partial charge on any atom is 0.241 e. The topological polar surface area (TPSA) is 69.7 Å². The Kier molecular flexibility index (Phi) is 9.15. The SMILES string of the molecule is Cc1cc(C)c(S(=O)(=O)N[C@@H](Cc2ccccc2)C(=O)N2CCN(C/C=C/c3ccccc3)CC2)c(C)c1. The van der Waals surface area contributed by atoms with Crippen LogP contribution in [0.25, 0.3) is 6.08 Å². The zero-order chi connectivity index (χ0) is 27.1. The summed E-state index contributed by atoms with van der Waals surface area (Å²) in [5.41, 5.74) is 4.44. The molecule has 1 atom stereocenters. The molecule has 1 heterocycles. The minimum atomic E-state index is -3.91. The van der Waals surface area contributed by atoms with E-state index in [1.54, 1.807) is 18.7 Å². The van der Waals surface area contributed by atoms with Gasteiger partial charge in [0.25, 0.3) is 0 Å². The van der Waals surface area contributed by atoms with Crippen molar-refractivity contribution in [1.29, 1.82) is 0 Å². The zero-order valence-corrected chi connectivity index (χ0v) is 23.2. The number of amides is 1. The predicted molar refractivity (Wildman–Crippen MR) is 153 cm³/mol. The maximum absolute atomic E-state index is 13.7. The van der Waals surface area contributed by atoms with E-state index in [0.717, 1.165) is 36.3 Å². The first-order chi connectivity index (χ1) is 18.2. The van der Waals surface area contributed by atoms with Gasteiger partial charge in [-0.3, -0.25) is 9.69 Å². The van der Waals surface area contributed by atoms with E-state index < -0.39 is 16.1 Å². The number of hydrogen-bond acceptors (Lipinski definition) is 4. The van der Waals surface area contributed by atoms with Gasteiger partial charge in [-0.25, -0.2) is 8.42 Å². The van der Waals surface area contributed by atoms with E-state index in [4.69, 9.17) is 0 Å². The fourth-order valence-electron chi connectivity index (χ4n) is 5.14. The second-order valence-electron chi connectivity index (χ2n) is 10.0. The van der Waals surface area contributed by atoms with Gasteiger partial charge in [-0.05, 0) is 49.4 Å². The highest BCUT2D eigenvalue weighted by molar-refractivity contribution is 7.89. The van der Waals surface area contributed by atoms with E-state index in [1.807, 2.05) is 67.6 Å². The number of aryl methyl sites for hydroxylation is 3. The molecular weight excluding hydrogens is 494 g/mol. The van der Waals surface area contributed by atoms with Gasteiger partial charge in [-0.2, -0.15) is 4.72 Å². The van der Waals surface area contributed by atoms with Gasteiger partial charge >= 0.3 is 0 Å². The van der Waals surface area contributed by atoms with Crippen molar-refractivity contribution in [3.63, 3.8) is 0 Å². The maximum atomic E-state index is 13.7. The Bertz CT molecular complexity index is 1340. The quantitative estimate of drug-likeness (QED) is 0.446. The number of rotatable bonds is 9. The van der Waals surface area contributed by atoms with Crippen LogP contribution in [-0.2, 0) is 21.2 Å². The van der Waals surface area contributed by atoms with Crippen LogP contribution in [0.2, 0.25) is 0 Å². The number of nitrogens with zero attached hydrogens (tertiary/aromatic N) is 2. The van der Waals surface area contributed by atoms with Crippen LogP contribution in [0.5, 0.6) is 0 Å². The van der Waals surface area contributed by atoms with Crippen LogP contribution in [-0.4, -0.2) is 62.9 Å². The van der Waals surface area contributed by atoms with Gasteiger partial charge in [-0.15, -0.1) is 0 Å². The lowest BCUT2D eigenvalue weighted by Gasteiger charge is -2.36. The molecule has 3 aromatic carbocycles. The van der Waals surface area contributed by atoms with Crippen molar-refractivity contribution in [3.05, 3.63) is 107 Å². The molecule has 4 rings (SSSR count). The molecule has 1 N–H and O–H groups in total. The molecule has 7 heteroatoms. The number of hydrogen-bond donors (Lipinski definition) is 1. The Morgan fingerprint density at radius 3 is 2.08 bits per heavy atom. The van der Waals surface area contributed by atoms with Crippen LogP contribution in [0.3, 0.4) is 0 Å². The molecule has 0 aliphatic carbocycles. The van der Waals surface area contributed by atoms with E-state index >= 15 is 0 Å². The Labute approximate surface area is 227 Å². The number of carbonyl (C=O) groups excluding carboxylic acids is 1. The lowest BCUT2D eigenvalue weighted by molar-refractivity contribution is -0.134. The molecule has 0 radical (unpaired) electrons. The van der Waals surface area contributed by atoms with E-state index in [2.05, 4.69) is 33.9 Å². The monoisotopic (exact) mass is 531 g/mol. The van der Waals surface area contributed by atoms with Crippen LogP contribution < -0.4 is 4.72 Å². The smallest absolute Gasteiger partial charge is 0.241 e. The summed E-state index contributed by atoms with van der Waals surface area (Å²) in [5, 5.41) is 0. The standard InChI is InChI=1S/C31H37N3O3S/c1-24-21-25(2)30(26(3)22-24)38(36,37)32-29(23-28-13-8-5-9-14-28)31(35)34-19-17-33(18-20-34)16-10-15-27-11-6-4-7-12-27/h4-15,21-22,29,32H,16-20,23H2,1-3H3/b15-10+/t29-/m0/s1. The second kappa shape index (κ2) is 12.5. The predicted octanol–water partition coefficient (Wildman–Crippen LogP) is 4.36. The van der Waals surface area contributed by atoms with Crippen LogP contribution in [0.15, 0.2) is 83.8 Å². The molecule has 0 bridgehead atoms. The number of sulfonamides is 1. The van der Waals surface area contributed by atoms with Gasteiger partial charge in [0.15, 0.2) is 0 Å². The van der Waals surface area contributed by atoms with E-state index in [0.29, 0.717) is 30.6 Å². The fraction of sp³-hybridized carbons (Fsp3) is 0.323. The molecule has 1 fully saturated rings. The average molecular weight is 532 g/mol. The highest BCUT2D eigenvalue weighted by atomic mass is 32.2. The molecule has 6 nitrogen and oxygen atoms in total. The lowest BCUT2D eigenvalue weighted by Crippen LogP contribution is -2.55. The van der Waals surface area contributed by atoms with Crippen molar-refractivity contribution in [2.45, 2.75) is 38.1 Å². The first-order valence-corrected chi connectivity index (χ1v) is 14.6. The third-order valence-corrected chi connectivity index (χ3v) is 8.69. The fourth-order valence-corrected chi connectivity index (χ4v) is 6.78. The Balaban J connectivity index is 1.46. The second-order valence-corrected chi connectivity index (χ2v) is 11.7. The van der Waals surface area contributed by atoms with E-state index in [-0.39, 0.29) is 10.8 Å². The molecule has 1 aliphatic heterocycles. The van der Waals surface area contributed by atoms with Gasteiger partial charge in [0.05, 0.1) is 4.90 Å². The van der Waals surface area contributed by atoms with Crippen LogP contribution in [0.4, 0.5) is 0 Å². The van der Waals surface area contributed by atoms with Crippen molar-refractivity contribution in [1.82, 2.24) is 14.5 Å². The van der Waals surface area contributed by atoms with E-state index in [9.17, 15) is 13.2 Å². The third-order valence-electron chi connectivity index (χ3n) is 6.91. The van der Waals surface area contributed by atoms with Crippen LogP contribution in [0, 0.1) is 20.8 Å². The van der Waals surface area contributed by atoms with Crippen LogP contribution in [0.1, 0.15) is 27.8 Å². The summed E-state index contributed by atoms with van der Waals surface area (Å²) in [6, 6.07) is 22.6. The van der Waals surface area contributed by atoms with Gasteiger partial charge in [-0.1, -0.05) is 90.5 Å². The minimum Gasteiger partial charge on any atom is -0.339 e. The summed E-state index contributed by atoms with van der Waals surface area (Å²) >= 11 is 0. The summed E-state index contributed by atoms with van der Waals surface area (Å²) in [6.07, 6.45) is 4.55. The molecule has 1 saturated heterocycles. The molecule has 0 aromatic heterocycles. The van der Waals surface area contributed by atoms with Gasteiger partial charge in [0.2, 0.25) is 15.9 Å². The molecule has 3 aromatic rings. The largest absolute Gasteiger partial charge is 0.339 e. The minimum absolute atomic E-state index is 0.181. The van der Waals surface area contributed by atoms with Crippen molar-refractivity contribution >= 4 is 22.0 Å². The molecule has 200 valence electrons. The summed E-state index contributed by atoms with van der Waals surface area (Å²) in [7, 11) is -3.91.